The second-order valence-corrected chi connectivity index (χ2v) is 5.79. The number of para-hydroxylation sites is 1. The third-order valence-electron chi connectivity index (χ3n) is 3.22. The zero-order chi connectivity index (χ0) is 13.9. The summed E-state index contributed by atoms with van der Waals surface area (Å²) in [5, 5.41) is 4.73. The van der Waals surface area contributed by atoms with Crippen LogP contribution in [0.2, 0.25) is 10.0 Å². The van der Waals surface area contributed by atoms with Crippen LogP contribution < -0.4 is 10.1 Å². The van der Waals surface area contributed by atoms with Gasteiger partial charge in [-0.2, -0.15) is 0 Å². The van der Waals surface area contributed by atoms with Crippen molar-refractivity contribution >= 4 is 23.2 Å². The van der Waals surface area contributed by atoms with Crippen molar-refractivity contribution < 1.29 is 4.74 Å². The molecule has 3 rings (SSSR count). The Bertz CT molecular complexity index is 611. The van der Waals surface area contributed by atoms with Gasteiger partial charge in [-0.05, 0) is 37.1 Å². The van der Waals surface area contributed by atoms with E-state index in [1.54, 1.807) is 6.07 Å². The van der Waals surface area contributed by atoms with Gasteiger partial charge in [-0.25, -0.2) is 0 Å². The lowest BCUT2D eigenvalue weighted by Gasteiger charge is -2.13. The second-order valence-electron chi connectivity index (χ2n) is 4.94. The minimum atomic E-state index is 0.611. The first kappa shape index (κ1) is 13.7. The Morgan fingerprint density at radius 1 is 1.10 bits per heavy atom. The zero-order valence-electron chi connectivity index (χ0n) is 10.9. The third kappa shape index (κ3) is 3.45. The number of nitrogens with one attached hydrogen (secondary N) is 1. The highest BCUT2D eigenvalue weighted by molar-refractivity contribution is 6.32. The molecule has 1 aliphatic carbocycles. The molecule has 4 heteroatoms. The summed E-state index contributed by atoms with van der Waals surface area (Å²) >= 11 is 12.2. The quantitative estimate of drug-likeness (QED) is 0.835. The van der Waals surface area contributed by atoms with E-state index in [1.165, 1.54) is 12.8 Å². The molecule has 0 saturated heterocycles. The number of halogens is 2. The highest BCUT2D eigenvalue weighted by Gasteiger charge is 2.21. The zero-order valence-corrected chi connectivity index (χ0v) is 12.4. The molecule has 2 aromatic carbocycles. The van der Waals surface area contributed by atoms with Gasteiger partial charge in [0.25, 0.3) is 0 Å². The molecule has 2 aromatic rings. The van der Waals surface area contributed by atoms with Crippen LogP contribution in [0.1, 0.15) is 18.4 Å². The topological polar surface area (TPSA) is 21.3 Å². The molecule has 0 heterocycles. The average Bonchev–Trinajstić information content (AvgIpc) is 3.24. The monoisotopic (exact) mass is 307 g/mol. The van der Waals surface area contributed by atoms with Crippen LogP contribution in [0.15, 0.2) is 42.5 Å². The fourth-order valence-corrected chi connectivity index (χ4v) is 2.41. The molecule has 1 fully saturated rings. The van der Waals surface area contributed by atoms with Crippen molar-refractivity contribution in [2.75, 3.05) is 0 Å². The average molecular weight is 308 g/mol. The van der Waals surface area contributed by atoms with Crippen molar-refractivity contribution in [3.05, 3.63) is 58.1 Å². The molecule has 2 nitrogen and oxygen atoms in total. The van der Waals surface area contributed by atoms with Crippen LogP contribution in [0, 0.1) is 0 Å². The Balaban J connectivity index is 1.82. The normalized spacial score (nSPS) is 14.3. The Kier molecular flexibility index (Phi) is 4.16. The van der Waals surface area contributed by atoms with Gasteiger partial charge in [0.15, 0.2) is 0 Å². The number of benzene rings is 2. The van der Waals surface area contributed by atoms with E-state index in [4.69, 9.17) is 27.9 Å². The first-order valence-electron chi connectivity index (χ1n) is 6.66. The SMILES string of the molecule is Clc1cccc(Oc2c(Cl)cccc2CNC2CC2)c1. The highest BCUT2D eigenvalue weighted by Crippen LogP contribution is 2.34. The molecule has 1 aliphatic rings. The number of hydrogen-bond donors (Lipinski definition) is 1. The lowest BCUT2D eigenvalue weighted by atomic mass is 10.2. The molecule has 1 N–H and O–H groups in total. The Labute approximate surface area is 128 Å². The van der Waals surface area contributed by atoms with Crippen molar-refractivity contribution in [2.24, 2.45) is 0 Å². The summed E-state index contributed by atoms with van der Waals surface area (Å²) in [4.78, 5) is 0. The highest BCUT2D eigenvalue weighted by atomic mass is 35.5. The van der Waals surface area contributed by atoms with E-state index in [2.05, 4.69) is 5.32 Å². The Hall–Kier alpha value is -1.22. The molecular formula is C16H15Cl2NO. The number of rotatable bonds is 5. The van der Waals surface area contributed by atoms with E-state index < -0.39 is 0 Å². The van der Waals surface area contributed by atoms with Crippen LogP contribution in [0.25, 0.3) is 0 Å². The lowest BCUT2D eigenvalue weighted by Crippen LogP contribution is -2.15. The van der Waals surface area contributed by atoms with Crippen molar-refractivity contribution in [1.29, 1.82) is 0 Å². The first-order valence-corrected chi connectivity index (χ1v) is 7.42. The molecule has 1 saturated carbocycles. The van der Waals surface area contributed by atoms with Crippen LogP contribution in [0.5, 0.6) is 11.5 Å². The summed E-state index contributed by atoms with van der Waals surface area (Å²) in [6.07, 6.45) is 2.51. The molecule has 20 heavy (non-hydrogen) atoms. The minimum Gasteiger partial charge on any atom is -0.455 e. The Morgan fingerprint density at radius 3 is 2.65 bits per heavy atom. The largest absolute Gasteiger partial charge is 0.455 e. The van der Waals surface area contributed by atoms with Crippen molar-refractivity contribution in [1.82, 2.24) is 5.32 Å². The van der Waals surface area contributed by atoms with Gasteiger partial charge in [-0.3, -0.25) is 0 Å². The maximum atomic E-state index is 6.26. The number of ether oxygens (including phenoxy) is 1. The summed E-state index contributed by atoms with van der Waals surface area (Å²) < 4.78 is 5.92. The molecule has 0 spiro atoms. The molecule has 0 atom stereocenters. The molecule has 0 bridgehead atoms. The van der Waals surface area contributed by atoms with Gasteiger partial charge in [0, 0.05) is 23.2 Å². The van der Waals surface area contributed by atoms with Crippen LogP contribution >= 0.6 is 23.2 Å². The van der Waals surface area contributed by atoms with Crippen molar-refractivity contribution in [2.45, 2.75) is 25.4 Å². The van der Waals surface area contributed by atoms with Gasteiger partial charge >= 0.3 is 0 Å². The molecule has 0 unspecified atom stereocenters. The predicted molar refractivity (Wildman–Crippen MR) is 82.8 cm³/mol. The van der Waals surface area contributed by atoms with Gasteiger partial charge in [-0.15, -0.1) is 0 Å². The summed E-state index contributed by atoms with van der Waals surface area (Å²) in [5.74, 6) is 1.39. The fourth-order valence-electron chi connectivity index (χ4n) is 2.00. The van der Waals surface area contributed by atoms with E-state index >= 15 is 0 Å². The van der Waals surface area contributed by atoms with E-state index in [9.17, 15) is 0 Å². The summed E-state index contributed by atoms with van der Waals surface area (Å²) in [6, 6.07) is 13.8. The Morgan fingerprint density at radius 2 is 1.90 bits per heavy atom. The van der Waals surface area contributed by atoms with Crippen LogP contribution in [-0.4, -0.2) is 6.04 Å². The van der Waals surface area contributed by atoms with Crippen molar-refractivity contribution in [3.63, 3.8) is 0 Å². The molecule has 0 amide bonds. The van der Waals surface area contributed by atoms with Gasteiger partial charge in [0.1, 0.15) is 11.5 Å². The van der Waals surface area contributed by atoms with Gasteiger partial charge in [-0.1, -0.05) is 41.4 Å². The van der Waals surface area contributed by atoms with Crippen molar-refractivity contribution in [3.8, 4) is 11.5 Å². The third-order valence-corrected chi connectivity index (χ3v) is 3.76. The molecule has 0 aromatic heterocycles. The second kappa shape index (κ2) is 6.04. The van der Waals surface area contributed by atoms with Crippen LogP contribution in [0.3, 0.4) is 0 Å². The van der Waals surface area contributed by atoms with Gasteiger partial charge in [0.05, 0.1) is 5.02 Å². The molecular weight excluding hydrogens is 293 g/mol. The van der Waals surface area contributed by atoms with E-state index in [-0.39, 0.29) is 0 Å². The molecule has 0 radical (unpaired) electrons. The van der Waals surface area contributed by atoms with E-state index in [0.717, 1.165) is 12.1 Å². The predicted octanol–water partition coefficient (Wildman–Crippen LogP) is 5.04. The lowest BCUT2D eigenvalue weighted by molar-refractivity contribution is 0.473. The van der Waals surface area contributed by atoms with E-state index in [0.29, 0.717) is 27.6 Å². The molecule has 104 valence electrons. The summed E-state index contributed by atoms with van der Waals surface area (Å²) in [7, 11) is 0. The van der Waals surface area contributed by atoms with Gasteiger partial charge < -0.3 is 10.1 Å². The first-order chi connectivity index (χ1) is 9.72. The van der Waals surface area contributed by atoms with E-state index in [1.807, 2.05) is 36.4 Å². The minimum absolute atomic E-state index is 0.611. The van der Waals surface area contributed by atoms with Gasteiger partial charge in [0.2, 0.25) is 0 Å². The standard InChI is InChI=1S/C16H15Cl2NO/c17-12-4-2-5-14(9-12)20-16-11(3-1-6-15(16)18)10-19-13-7-8-13/h1-6,9,13,19H,7-8,10H2. The maximum absolute atomic E-state index is 6.26. The maximum Gasteiger partial charge on any atom is 0.150 e. The van der Waals surface area contributed by atoms with Crippen LogP contribution in [0.4, 0.5) is 0 Å². The number of hydrogen-bond acceptors (Lipinski definition) is 2. The van der Waals surface area contributed by atoms with Crippen LogP contribution in [-0.2, 0) is 6.54 Å². The summed E-state index contributed by atoms with van der Waals surface area (Å²) in [5.41, 5.74) is 1.06. The fraction of sp³-hybridized carbons (Fsp3) is 0.250. The summed E-state index contributed by atoms with van der Waals surface area (Å²) in [6.45, 7) is 0.765. The molecule has 0 aliphatic heterocycles. The smallest absolute Gasteiger partial charge is 0.150 e.